The van der Waals surface area contributed by atoms with E-state index in [1.807, 2.05) is 20.8 Å². The number of thioether (sulfide) groups is 1. The molecule has 14 heavy (non-hydrogen) atoms. The first-order valence-corrected chi connectivity index (χ1v) is 5.50. The van der Waals surface area contributed by atoms with Gasteiger partial charge >= 0.3 is 11.3 Å². The van der Waals surface area contributed by atoms with Crippen LogP contribution in [0.4, 0.5) is 4.79 Å². The van der Waals surface area contributed by atoms with Crippen LogP contribution in [0.25, 0.3) is 0 Å². The minimum absolute atomic E-state index is 0.253. The van der Waals surface area contributed by atoms with Crippen molar-refractivity contribution in [3.63, 3.8) is 0 Å². The Labute approximate surface area is 88.3 Å². The van der Waals surface area contributed by atoms with Crippen LogP contribution in [0.15, 0.2) is 0 Å². The smallest absolute Gasteiger partial charge is 0.370 e. The first-order valence-electron chi connectivity index (χ1n) is 4.51. The van der Waals surface area contributed by atoms with E-state index in [0.717, 1.165) is 11.8 Å². The predicted octanol–water partition coefficient (Wildman–Crippen LogP) is 2.42. The molecule has 0 aliphatic heterocycles. The zero-order valence-electron chi connectivity index (χ0n) is 8.74. The molecule has 4 nitrogen and oxygen atoms in total. The second-order valence-electron chi connectivity index (χ2n) is 3.06. The van der Waals surface area contributed by atoms with E-state index < -0.39 is 5.30 Å². The van der Waals surface area contributed by atoms with Crippen molar-refractivity contribution in [3.05, 3.63) is 0 Å². The van der Waals surface area contributed by atoms with Gasteiger partial charge in [-0.25, -0.2) is 4.79 Å². The highest BCUT2D eigenvalue weighted by atomic mass is 32.2. The molecule has 0 bridgehead atoms. The molecule has 0 fully saturated rings. The summed E-state index contributed by atoms with van der Waals surface area (Å²) in [5.41, 5.74) is 0. The van der Waals surface area contributed by atoms with Gasteiger partial charge in [0.25, 0.3) is 0 Å². The van der Waals surface area contributed by atoms with Crippen molar-refractivity contribution in [2.24, 2.45) is 5.92 Å². The number of carbonyl (C=O) groups is 2. The lowest BCUT2D eigenvalue weighted by atomic mass is 10.1. The van der Waals surface area contributed by atoms with Gasteiger partial charge in [0.1, 0.15) is 0 Å². The third-order valence-electron chi connectivity index (χ3n) is 1.23. The molecule has 0 aliphatic carbocycles. The average molecular weight is 220 g/mol. The van der Waals surface area contributed by atoms with Gasteiger partial charge in [0, 0.05) is 12.2 Å². The molecular weight excluding hydrogens is 204 g/mol. The van der Waals surface area contributed by atoms with Crippen LogP contribution in [0, 0.1) is 5.92 Å². The summed E-state index contributed by atoms with van der Waals surface area (Å²) in [4.78, 5) is 21.8. The van der Waals surface area contributed by atoms with E-state index in [9.17, 15) is 9.59 Å². The highest BCUT2D eigenvalue weighted by Gasteiger charge is 2.07. The summed E-state index contributed by atoms with van der Waals surface area (Å²) in [6.45, 7) is 5.40. The summed E-state index contributed by atoms with van der Waals surface area (Å²) in [6.07, 6.45) is 0.346. The number of ether oxygens (including phenoxy) is 2. The summed E-state index contributed by atoms with van der Waals surface area (Å²) in [5.74, 6) is 0.566. The van der Waals surface area contributed by atoms with Crippen LogP contribution in [-0.2, 0) is 14.3 Å². The van der Waals surface area contributed by atoms with Crippen LogP contribution < -0.4 is 0 Å². The zero-order chi connectivity index (χ0) is 11.0. The van der Waals surface area contributed by atoms with Crippen LogP contribution >= 0.6 is 11.8 Å². The van der Waals surface area contributed by atoms with Gasteiger partial charge in [0.2, 0.25) is 6.79 Å². The predicted molar refractivity (Wildman–Crippen MR) is 55.0 cm³/mol. The first-order chi connectivity index (χ1) is 6.56. The van der Waals surface area contributed by atoms with Gasteiger partial charge in [-0.1, -0.05) is 20.8 Å². The van der Waals surface area contributed by atoms with E-state index >= 15 is 0 Å². The van der Waals surface area contributed by atoms with Gasteiger partial charge in [-0.3, -0.25) is 4.79 Å². The number of carbonyl (C=O) groups excluding carboxylic acids is 2. The molecular formula is C9H16O4S. The van der Waals surface area contributed by atoms with Crippen LogP contribution in [0.3, 0.4) is 0 Å². The average Bonchev–Trinajstić information content (AvgIpc) is 2.02. The Morgan fingerprint density at radius 3 is 2.43 bits per heavy atom. The highest BCUT2D eigenvalue weighted by Crippen LogP contribution is 2.05. The molecule has 0 atom stereocenters. The molecule has 0 aromatic heterocycles. The number of hydrogen-bond acceptors (Lipinski definition) is 5. The second kappa shape index (κ2) is 7.67. The molecule has 0 amide bonds. The first kappa shape index (κ1) is 13.3. The maximum Gasteiger partial charge on any atom is 0.370 e. The minimum Gasteiger partial charge on any atom is -0.428 e. The Hall–Kier alpha value is -0.710. The van der Waals surface area contributed by atoms with E-state index in [4.69, 9.17) is 0 Å². The van der Waals surface area contributed by atoms with Gasteiger partial charge in [-0.2, -0.15) is 0 Å². The molecule has 0 aromatic rings. The minimum atomic E-state index is -0.412. The molecule has 0 heterocycles. The molecule has 0 aromatic carbocycles. The highest BCUT2D eigenvalue weighted by molar-refractivity contribution is 8.13. The van der Waals surface area contributed by atoms with Crippen molar-refractivity contribution in [2.75, 3.05) is 12.5 Å². The molecule has 0 radical (unpaired) electrons. The van der Waals surface area contributed by atoms with Gasteiger partial charge in [0.05, 0.1) is 0 Å². The fourth-order valence-electron chi connectivity index (χ4n) is 0.695. The number of hydrogen-bond donors (Lipinski definition) is 0. The van der Waals surface area contributed by atoms with E-state index in [2.05, 4.69) is 9.47 Å². The molecule has 0 saturated heterocycles. The monoisotopic (exact) mass is 220 g/mol. The van der Waals surface area contributed by atoms with Gasteiger partial charge in [0.15, 0.2) is 0 Å². The van der Waals surface area contributed by atoms with Crippen molar-refractivity contribution in [1.29, 1.82) is 0 Å². The maximum absolute atomic E-state index is 11.0. The SMILES string of the molecule is CCSC(=O)OCOC(=O)CC(C)C. The van der Waals surface area contributed by atoms with Crippen molar-refractivity contribution in [2.45, 2.75) is 27.2 Å². The topological polar surface area (TPSA) is 52.6 Å². The normalized spacial score (nSPS) is 10.0. The fourth-order valence-corrected chi connectivity index (χ4v) is 1.06. The van der Waals surface area contributed by atoms with Crippen molar-refractivity contribution >= 4 is 23.0 Å². The summed E-state index contributed by atoms with van der Waals surface area (Å²) in [6, 6.07) is 0. The zero-order valence-corrected chi connectivity index (χ0v) is 9.56. The summed E-state index contributed by atoms with van der Waals surface area (Å²) < 4.78 is 9.29. The molecule has 0 rings (SSSR count). The Morgan fingerprint density at radius 2 is 1.93 bits per heavy atom. The molecule has 0 N–H and O–H groups in total. The molecule has 82 valence electrons. The van der Waals surface area contributed by atoms with Gasteiger partial charge in [-0.15, -0.1) is 0 Å². The lowest BCUT2D eigenvalue weighted by Crippen LogP contribution is -2.12. The molecule has 0 aliphatic rings. The van der Waals surface area contributed by atoms with E-state index in [1.54, 1.807) is 0 Å². The summed E-state index contributed by atoms with van der Waals surface area (Å²) in [7, 11) is 0. The van der Waals surface area contributed by atoms with Gasteiger partial charge in [-0.05, 0) is 17.7 Å². The third kappa shape index (κ3) is 7.91. The van der Waals surface area contributed by atoms with Crippen LogP contribution in [0.2, 0.25) is 0 Å². The second-order valence-corrected chi connectivity index (χ2v) is 4.26. The molecule has 0 unspecified atom stereocenters. The lowest BCUT2D eigenvalue weighted by Gasteiger charge is -2.06. The third-order valence-corrected chi connectivity index (χ3v) is 1.88. The largest absolute Gasteiger partial charge is 0.428 e. The Morgan fingerprint density at radius 1 is 1.29 bits per heavy atom. The van der Waals surface area contributed by atoms with E-state index in [-0.39, 0.29) is 18.7 Å². The van der Waals surface area contributed by atoms with Crippen LogP contribution in [0.1, 0.15) is 27.2 Å². The number of rotatable bonds is 5. The Bertz CT molecular complexity index is 191. The fraction of sp³-hybridized carbons (Fsp3) is 0.778. The van der Waals surface area contributed by atoms with E-state index in [1.165, 1.54) is 0 Å². The van der Waals surface area contributed by atoms with E-state index in [0.29, 0.717) is 12.2 Å². The quantitative estimate of drug-likeness (QED) is 0.526. The van der Waals surface area contributed by atoms with Crippen molar-refractivity contribution < 1.29 is 19.1 Å². The molecule has 0 spiro atoms. The van der Waals surface area contributed by atoms with Crippen LogP contribution in [0.5, 0.6) is 0 Å². The molecule has 5 heteroatoms. The van der Waals surface area contributed by atoms with Crippen molar-refractivity contribution in [1.82, 2.24) is 0 Å². The van der Waals surface area contributed by atoms with Crippen molar-refractivity contribution in [3.8, 4) is 0 Å². The molecule has 0 saturated carbocycles. The summed E-state index contributed by atoms with van der Waals surface area (Å²) >= 11 is 1.04. The lowest BCUT2D eigenvalue weighted by molar-refractivity contribution is -0.152. The van der Waals surface area contributed by atoms with Gasteiger partial charge < -0.3 is 9.47 Å². The Kier molecular flexibility index (Phi) is 7.28. The standard InChI is InChI=1S/C9H16O4S/c1-4-14-9(11)13-6-12-8(10)5-7(2)3/h7H,4-6H2,1-3H3. The maximum atomic E-state index is 11.0. The van der Waals surface area contributed by atoms with Crippen LogP contribution in [-0.4, -0.2) is 23.8 Å². The summed E-state index contributed by atoms with van der Waals surface area (Å²) in [5, 5.41) is -0.412. The Balaban J connectivity index is 3.44. The number of esters is 1.